The molecule has 3 heterocycles. The Morgan fingerprint density at radius 3 is 1.67 bits per heavy atom. The molecule has 10 rings (SSSR count). The fourth-order valence-electron chi connectivity index (χ4n) is 7.49. The zero-order chi connectivity index (χ0) is 34.6. The average Bonchev–Trinajstić information content (AvgIpc) is 3.55. The van der Waals surface area contributed by atoms with E-state index in [2.05, 4.69) is 51.9 Å². The Kier molecular flexibility index (Phi) is 6.98. The molecule has 0 aliphatic carbocycles. The molecule has 1 atom stereocenters. The first-order valence-electron chi connectivity index (χ1n) is 17.2. The summed E-state index contributed by atoms with van der Waals surface area (Å²) in [5, 5.41) is 4.41. The topological polar surface area (TPSA) is 63.9 Å². The Labute approximate surface area is 300 Å². The number of para-hydroxylation sites is 3. The van der Waals surface area contributed by atoms with Crippen LogP contribution >= 0.6 is 7.14 Å². The summed E-state index contributed by atoms with van der Waals surface area (Å²) in [5.41, 5.74) is 6.39. The average molecular weight is 688 g/mol. The molecule has 9 aromatic rings. The molecule has 1 aliphatic heterocycles. The summed E-state index contributed by atoms with van der Waals surface area (Å²) in [7, 11) is -3.34. The number of aromatic nitrogens is 4. The lowest BCUT2D eigenvalue weighted by molar-refractivity contribution is 0.592. The van der Waals surface area contributed by atoms with Gasteiger partial charge in [-0.25, -0.2) is 4.98 Å². The number of hydrogen-bond acceptors (Lipinski definition) is 5. The second-order valence-corrected chi connectivity index (χ2v) is 15.5. The van der Waals surface area contributed by atoms with Crippen molar-refractivity contribution in [3.63, 3.8) is 0 Å². The third-order valence-corrected chi connectivity index (χ3v) is 13.0. The van der Waals surface area contributed by atoms with Crippen molar-refractivity contribution in [2.24, 2.45) is 0 Å². The molecule has 2 aromatic heterocycles. The Bertz CT molecular complexity index is 2760. The van der Waals surface area contributed by atoms with E-state index in [1.165, 1.54) is 0 Å². The van der Waals surface area contributed by atoms with Gasteiger partial charge in [0, 0.05) is 43.5 Å². The van der Waals surface area contributed by atoms with Gasteiger partial charge in [0.25, 0.3) is 0 Å². The fourth-order valence-corrected chi connectivity index (χ4v) is 10.5. The largest absolute Gasteiger partial charge is 0.309 e. The predicted molar refractivity (Wildman–Crippen MR) is 213 cm³/mol. The van der Waals surface area contributed by atoms with E-state index in [9.17, 15) is 0 Å². The highest BCUT2D eigenvalue weighted by molar-refractivity contribution is 7.86. The Hall–Kier alpha value is -6.62. The lowest BCUT2D eigenvalue weighted by atomic mass is 10.1. The molecule has 0 amide bonds. The molecular weight excluding hydrogens is 658 g/mol. The first-order valence-corrected chi connectivity index (χ1v) is 18.9. The van der Waals surface area contributed by atoms with Crippen LogP contribution in [0.2, 0.25) is 0 Å². The smallest absolute Gasteiger partial charge is 0.238 e. The summed E-state index contributed by atoms with van der Waals surface area (Å²) in [6, 6.07) is 61.0. The van der Waals surface area contributed by atoms with Crippen molar-refractivity contribution in [2.75, 3.05) is 4.90 Å². The van der Waals surface area contributed by atoms with Gasteiger partial charge in [0.1, 0.15) is 0 Å². The zero-order valence-corrected chi connectivity index (χ0v) is 28.8. The molecule has 0 saturated carbocycles. The van der Waals surface area contributed by atoms with E-state index >= 15 is 4.57 Å². The summed E-state index contributed by atoms with van der Waals surface area (Å²) in [5.74, 6) is 1.68. The van der Waals surface area contributed by atoms with Crippen LogP contribution in [-0.4, -0.2) is 19.5 Å². The van der Waals surface area contributed by atoms with Crippen LogP contribution in [0.15, 0.2) is 182 Å². The van der Waals surface area contributed by atoms with Crippen molar-refractivity contribution in [1.82, 2.24) is 19.5 Å². The van der Waals surface area contributed by atoms with Crippen molar-refractivity contribution >= 4 is 61.9 Å². The summed E-state index contributed by atoms with van der Waals surface area (Å²) in [6.45, 7) is 0. The van der Waals surface area contributed by atoms with Gasteiger partial charge in [-0.05, 0) is 42.5 Å². The predicted octanol–water partition coefficient (Wildman–Crippen LogP) is 9.73. The molecule has 0 radical (unpaired) electrons. The highest BCUT2D eigenvalue weighted by atomic mass is 31.2. The van der Waals surface area contributed by atoms with E-state index < -0.39 is 7.14 Å². The first-order chi connectivity index (χ1) is 25.7. The molecule has 0 N–H and O–H groups in total. The van der Waals surface area contributed by atoms with E-state index in [-0.39, 0.29) is 0 Å². The molecule has 7 aromatic carbocycles. The van der Waals surface area contributed by atoms with E-state index in [0.29, 0.717) is 17.6 Å². The summed E-state index contributed by atoms with van der Waals surface area (Å²) >= 11 is 0. The Morgan fingerprint density at radius 1 is 0.442 bits per heavy atom. The number of anilines is 3. The lowest BCUT2D eigenvalue weighted by Crippen LogP contribution is -2.36. The van der Waals surface area contributed by atoms with Crippen LogP contribution in [0, 0.1) is 0 Å². The second kappa shape index (κ2) is 12.0. The van der Waals surface area contributed by atoms with Gasteiger partial charge in [-0.1, -0.05) is 140 Å². The van der Waals surface area contributed by atoms with Crippen LogP contribution in [0.5, 0.6) is 0 Å². The molecule has 7 heteroatoms. The fraction of sp³-hybridized carbons (Fsp3) is 0. The van der Waals surface area contributed by atoms with Crippen LogP contribution < -0.4 is 20.8 Å². The third kappa shape index (κ3) is 4.65. The quantitative estimate of drug-likeness (QED) is 0.169. The molecule has 6 nitrogen and oxygen atoms in total. The third-order valence-electron chi connectivity index (χ3n) is 9.83. The van der Waals surface area contributed by atoms with Crippen LogP contribution in [0.25, 0.3) is 50.5 Å². The Balaban J connectivity index is 1.33. The van der Waals surface area contributed by atoms with Gasteiger partial charge >= 0.3 is 0 Å². The number of benzene rings is 7. The Morgan fingerprint density at radius 2 is 1.00 bits per heavy atom. The minimum Gasteiger partial charge on any atom is -0.309 e. The zero-order valence-electron chi connectivity index (χ0n) is 27.9. The highest BCUT2D eigenvalue weighted by Gasteiger charge is 2.41. The molecule has 1 unspecified atom stereocenters. The van der Waals surface area contributed by atoms with E-state index in [1.54, 1.807) is 0 Å². The minimum atomic E-state index is -3.34. The number of hydrogen-bond donors (Lipinski definition) is 0. The molecule has 1 aliphatic rings. The maximum atomic E-state index is 16.0. The first kappa shape index (κ1) is 30.2. The lowest BCUT2D eigenvalue weighted by Gasteiger charge is -2.38. The minimum absolute atomic E-state index is 0.507. The summed E-state index contributed by atoms with van der Waals surface area (Å²) in [4.78, 5) is 17.5. The van der Waals surface area contributed by atoms with Crippen molar-refractivity contribution in [3.8, 4) is 28.7 Å². The van der Waals surface area contributed by atoms with Crippen LogP contribution in [0.1, 0.15) is 0 Å². The molecular formula is C45H30N5OP. The van der Waals surface area contributed by atoms with Gasteiger partial charge in [0.15, 0.2) is 18.8 Å². The molecule has 0 fully saturated rings. The van der Waals surface area contributed by atoms with Crippen molar-refractivity contribution in [2.45, 2.75) is 0 Å². The monoisotopic (exact) mass is 687 g/mol. The van der Waals surface area contributed by atoms with Gasteiger partial charge in [0.2, 0.25) is 5.95 Å². The van der Waals surface area contributed by atoms with Crippen LogP contribution in [0.3, 0.4) is 0 Å². The van der Waals surface area contributed by atoms with Gasteiger partial charge in [-0.3, -0.25) is 4.57 Å². The standard InChI is InChI=1S/C45H30N5OP/c51-52(34-23-11-4-12-24-34)41-28-16-15-27-38(41)49(33-21-9-3-10-22-33)40-30-39-36(29-42(40)52)35-25-13-14-26-37(35)50(39)45-47-43(31-17-5-1-6-18-31)46-44(48-45)32-19-7-2-8-20-32/h1-30H. The van der Waals surface area contributed by atoms with Crippen molar-refractivity contribution in [1.29, 1.82) is 0 Å². The van der Waals surface area contributed by atoms with Gasteiger partial charge < -0.3 is 9.46 Å². The molecule has 0 spiro atoms. The highest BCUT2D eigenvalue weighted by Crippen LogP contribution is 2.55. The molecule has 0 bridgehead atoms. The second-order valence-electron chi connectivity index (χ2n) is 12.8. The number of nitrogens with zero attached hydrogens (tertiary/aromatic N) is 5. The van der Waals surface area contributed by atoms with Crippen LogP contribution in [0.4, 0.5) is 17.1 Å². The van der Waals surface area contributed by atoms with Crippen LogP contribution in [-0.2, 0) is 4.57 Å². The van der Waals surface area contributed by atoms with Crippen molar-refractivity contribution in [3.05, 3.63) is 182 Å². The maximum Gasteiger partial charge on any atom is 0.238 e. The normalized spacial score (nSPS) is 15.0. The maximum absolute atomic E-state index is 16.0. The van der Waals surface area contributed by atoms with E-state index in [0.717, 1.165) is 65.9 Å². The number of rotatable bonds is 5. The molecule has 52 heavy (non-hydrogen) atoms. The van der Waals surface area contributed by atoms with E-state index in [4.69, 9.17) is 15.0 Å². The van der Waals surface area contributed by atoms with Gasteiger partial charge in [0.05, 0.1) is 22.4 Å². The van der Waals surface area contributed by atoms with E-state index in [1.807, 2.05) is 140 Å². The van der Waals surface area contributed by atoms with Crippen molar-refractivity contribution < 1.29 is 4.57 Å². The summed E-state index contributed by atoms with van der Waals surface area (Å²) < 4.78 is 18.2. The molecule has 0 saturated heterocycles. The number of fused-ring (bicyclic) bond motifs is 5. The summed E-state index contributed by atoms with van der Waals surface area (Å²) in [6.07, 6.45) is 0. The molecule has 246 valence electrons. The van der Waals surface area contributed by atoms with Gasteiger partial charge in [-0.2, -0.15) is 9.97 Å². The SMILES string of the molecule is O=P1(c2ccccc2)c2ccccc2N(c2ccccc2)c2cc3c(cc21)c1ccccc1n3-c1nc(-c2ccccc2)nc(-c2ccccc2)n1. The van der Waals surface area contributed by atoms with Gasteiger partial charge in [-0.15, -0.1) is 0 Å².